The number of fused-ring (bicyclic) bond motifs is 1. The molecule has 2 aromatic carbocycles. The molecule has 8 rings (SSSR count). The van der Waals surface area contributed by atoms with Crippen molar-refractivity contribution in [1.82, 2.24) is 30.3 Å². The summed E-state index contributed by atoms with van der Waals surface area (Å²) in [5, 5.41) is 24.8. The van der Waals surface area contributed by atoms with Crippen LogP contribution in [-0.2, 0) is 4.79 Å². The van der Waals surface area contributed by atoms with Crippen LogP contribution in [0.2, 0.25) is 5.02 Å². The maximum atomic E-state index is 13.0. The maximum Gasteiger partial charge on any atom is 0.328 e. The molecule has 0 unspecified atom stereocenters. The quantitative estimate of drug-likeness (QED) is 0.175. The number of rotatable bonds is 10. The molecule has 0 spiro atoms. The topological polar surface area (TPSA) is 149 Å². The molecule has 4 amide bonds. The van der Waals surface area contributed by atoms with Crippen LogP contribution in [0.15, 0.2) is 60.8 Å². The van der Waals surface area contributed by atoms with Crippen molar-refractivity contribution in [2.24, 2.45) is 5.92 Å². The molecule has 5 heterocycles. The van der Waals surface area contributed by atoms with Crippen LogP contribution in [0.5, 0.6) is 5.75 Å². The summed E-state index contributed by atoms with van der Waals surface area (Å²) in [6, 6.07) is 19.2. The number of hydrogen-bond donors (Lipinski definition) is 2. The number of imide groups is 1. The molecule has 2 aromatic heterocycles. The van der Waals surface area contributed by atoms with E-state index >= 15 is 0 Å². The number of likely N-dealkylation sites (tertiary alicyclic amines) is 1. The lowest BCUT2D eigenvalue weighted by atomic mass is 9.92. The third-order valence-electron chi connectivity index (χ3n) is 12.1. The van der Waals surface area contributed by atoms with Gasteiger partial charge in [0.05, 0.1) is 27.9 Å². The number of benzene rings is 2. The van der Waals surface area contributed by atoms with Crippen molar-refractivity contribution < 1.29 is 19.1 Å². The zero-order valence-corrected chi connectivity index (χ0v) is 33.5. The van der Waals surface area contributed by atoms with Crippen LogP contribution in [0.4, 0.5) is 16.3 Å². The number of piperidine rings is 2. The first-order valence-corrected chi connectivity index (χ1v) is 20.4. The van der Waals surface area contributed by atoms with Gasteiger partial charge in [0.25, 0.3) is 5.91 Å². The summed E-state index contributed by atoms with van der Waals surface area (Å²) >= 11 is 6.15. The number of nitrogens with zero attached hydrogens (tertiary/aromatic N) is 7. The lowest BCUT2D eigenvalue weighted by Gasteiger charge is -2.36. The molecule has 57 heavy (non-hydrogen) atoms. The van der Waals surface area contributed by atoms with Crippen LogP contribution in [-0.4, -0.2) is 88.9 Å². The van der Waals surface area contributed by atoms with E-state index in [1.165, 1.54) is 6.42 Å². The minimum Gasteiger partial charge on any atom is -0.490 e. The fraction of sp³-hybridized carbons (Fsp3) is 0.476. The van der Waals surface area contributed by atoms with Crippen LogP contribution in [0.3, 0.4) is 0 Å². The molecule has 13 nitrogen and oxygen atoms in total. The summed E-state index contributed by atoms with van der Waals surface area (Å²) in [4.78, 5) is 43.8. The fourth-order valence-corrected chi connectivity index (χ4v) is 9.02. The zero-order valence-electron chi connectivity index (χ0n) is 31.9. The fourth-order valence-electron chi connectivity index (χ4n) is 8.81. The normalized spacial score (nSPS) is 21.1. The van der Waals surface area contributed by atoms with Crippen LogP contribution in [0, 0.1) is 17.2 Å². The molecule has 1 saturated carbocycles. The predicted molar refractivity (Wildman–Crippen MR) is 221 cm³/mol. The molecule has 300 valence electrons. The number of anilines is 2. The lowest BCUT2D eigenvalue weighted by Crippen LogP contribution is -2.49. The van der Waals surface area contributed by atoms with Gasteiger partial charge in [-0.25, -0.2) is 4.79 Å². The standard InChI is InChI=1S/C42H48ClN9O4.ClH/c43-35-26-33(7-4-29(35)27-44)56-32-8-5-30(6-9-32)45-41(54)36-10-11-39(48-47-36)50-22-13-28(14-23-50)12-19-49-20-15-31(16-21-49)51-24-17-34-37(51)2-1-3-38(34)52-25-18-40(53)46-42(52)55;/h1-4,7,10-11,17,24,26,28,30-32H,5-6,8-9,12-16,18-23,25H2,(H,45,54)(H,46,53,55);1H. The average Bonchev–Trinajstić information content (AvgIpc) is 3.66. The number of ether oxygens (including phenoxy) is 1. The van der Waals surface area contributed by atoms with Crippen LogP contribution in [0.25, 0.3) is 10.9 Å². The van der Waals surface area contributed by atoms with Gasteiger partial charge >= 0.3 is 6.03 Å². The molecule has 0 radical (unpaired) electrons. The van der Waals surface area contributed by atoms with Crippen molar-refractivity contribution in [2.45, 2.75) is 82.4 Å². The van der Waals surface area contributed by atoms with E-state index in [-0.39, 0.29) is 42.4 Å². The van der Waals surface area contributed by atoms with Crippen LogP contribution < -0.4 is 25.2 Å². The summed E-state index contributed by atoms with van der Waals surface area (Å²) in [7, 11) is 0. The van der Waals surface area contributed by atoms with Crippen molar-refractivity contribution in [3.8, 4) is 11.8 Å². The lowest BCUT2D eigenvalue weighted by molar-refractivity contribution is -0.120. The van der Waals surface area contributed by atoms with Crippen molar-refractivity contribution in [3.63, 3.8) is 0 Å². The molecular formula is C42H49Cl2N9O4. The first-order chi connectivity index (χ1) is 27.3. The Balaban J connectivity index is 0.00000496. The summed E-state index contributed by atoms with van der Waals surface area (Å²) in [5.41, 5.74) is 2.75. The number of halogens is 2. The van der Waals surface area contributed by atoms with Crippen LogP contribution in [0.1, 0.15) is 86.3 Å². The highest BCUT2D eigenvalue weighted by atomic mass is 35.5. The van der Waals surface area contributed by atoms with Crippen molar-refractivity contribution in [3.05, 3.63) is 77.1 Å². The Hall–Kier alpha value is -4.90. The number of urea groups is 1. The Bertz CT molecular complexity index is 2100. The summed E-state index contributed by atoms with van der Waals surface area (Å²) < 4.78 is 8.46. The molecule has 3 saturated heterocycles. The molecule has 2 N–H and O–H groups in total. The van der Waals surface area contributed by atoms with Gasteiger partial charge in [0.1, 0.15) is 11.8 Å². The van der Waals surface area contributed by atoms with E-state index in [0.29, 0.717) is 47.0 Å². The number of nitriles is 1. The van der Waals surface area contributed by atoms with Gasteiger partial charge in [-0.2, -0.15) is 5.26 Å². The van der Waals surface area contributed by atoms with Gasteiger partial charge in [0, 0.05) is 68.9 Å². The zero-order chi connectivity index (χ0) is 38.6. The van der Waals surface area contributed by atoms with E-state index in [4.69, 9.17) is 21.6 Å². The van der Waals surface area contributed by atoms with Crippen LogP contribution >= 0.6 is 24.0 Å². The Morgan fingerprint density at radius 2 is 1.72 bits per heavy atom. The second-order valence-corrected chi connectivity index (χ2v) is 16.0. The summed E-state index contributed by atoms with van der Waals surface area (Å²) in [6.07, 6.45) is 11.3. The third kappa shape index (κ3) is 9.30. The second kappa shape index (κ2) is 18.1. The molecule has 0 atom stereocenters. The van der Waals surface area contributed by atoms with E-state index in [1.54, 1.807) is 29.2 Å². The number of amides is 4. The van der Waals surface area contributed by atoms with Gasteiger partial charge in [-0.1, -0.05) is 17.7 Å². The van der Waals surface area contributed by atoms with Crippen molar-refractivity contribution in [1.29, 1.82) is 5.26 Å². The van der Waals surface area contributed by atoms with Gasteiger partial charge in [0.2, 0.25) is 5.91 Å². The Morgan fingerprint density at radius 1 is 0.930 bits per heavy atom. The third-order valence-corrected chi connectivity index (χ3v) is 12.4. The molecule has 0 bridgehead atoms. The smallest absolute Gasteiger partial charge is 0.328 e. The van der Waals surface area contributed by atoms with E-state index in [0.717, 1.165) is 106 Å². The molecule has 1 aliphatic carbocycles. The maximum absolute atomic E-state index is 13.0. The largest absolute Gasteiger partial charge is 0.490 e. The molecule has 3 aliphatic heterocycles. The summed E-state index contributed by atoms with van der Waals surface area (Å²) in [5.74, 6) is 1.73. The number of nitrogens with one attached hydrogen (secondary N) is 2. The minimum atomic E-state index is -0.350. The molecular weight excluding hydrogens is 765 g/mol. The molecule has 4 aliphatic rings. The molecule has 15 heteroatoms. The molecule has 4 aromatic rings. The van der Waals surface area contributed by atoms with E-state index in [2.05, 4.69) is 59.6 Å². The average molecular weight is 815 g/mol. The number of hydrogen-bond acceptors (Lipinski definition) is 9. The van der Waals surface area contributed by atoms with E-state index < -0.39 is 0 Å². The Labute approximate surface area is 344 Å². The van der Waals surface area contributed by atoms with Gasteiger partial charge in [-0.3, -0.25) is 19.8 Å². The van der Waals surface area contributed by atoms with Crippen molar-refractivity contribution in [2.75, 3.05) is 49.1 Å². The molecule has 4 fully saturated rings. The summed E-state index contributed by atoms with van der Waals surface area (Å²) in [6.45, 7) is 5.52. The van der Waals surface area contributed by atoms with Gasteiger partial charge in [-0.05, 0) is 113 Å². The Kier molecular flexibility index (Phi) is 12.8. The van der Waals surface area contributed by atoms with Gasteiger partial charge in [0.15, 0.2) is 11.5 Å². The first kappa shape index (κ1) is 40.3. The highest BCUT2D eigenvalue weighted by Gasteiger charge is 2.29. The SMILES string of the molecule is Cl.N#Cc1ccc(OC2CCC(NC(=O)c3ccc(N4CCC(CCN5CCC(n6ccc7c(N8CCC(=O)NC8=O)cccc76)CC5)CC4)nn3)CC2)cc1Cl. The number of aromatic nitrogens is 3. The monoisotopic (exact) mass is 813 g/mol. The first-order valence-electron chi connectivity index (χ1n) is 20.0. The minimum absolute atomic E-state index is 0. The Morgan fingerprint density at radius 3 is 2.42 bits per heavy atom. The van der Waals surface area contributed by atoms with E-state index in [1.807, 2.05) is 18.2 Å². The van der Waals surface area contributed by atoms with Crippen molar-refractivity contribution >= 4 is 64.3 Å². The van der Waals surface area contributed by atoms with Gasteiger partial charge in [-0.15, -0.1) is 22.6 Å². The van der Waals surface area contributed by atoms with E-state index in [9.17, 15) is 14.4 Å². The number of carbonyl (C=O) groups is 3. The highest BCUT2D eigenvalue weighted by Crippen LogP contribution is 2.34. The van der Waals surface area contributed by atoms with Gasteiger partial charge < -0.3 is 24.4 Å². The number of carbonyl (C=O) groups excluding carboxylic acids is 3. The predicted octanol–water partition coefficient (Wildman–Crippen LogP) is 6.89. The highest BCUT2D eigenvalue weighted by molar-refractivity contribution is 6.31. The second-order valence-electron chi connectivity index (χ2n) is 15.6.